The van der Waals surface area contributed by atoms with Crippen LogP contribution >= 0.6 is 0 Å². The second-order valence-electron chi connectivity index (χ2n) is 20.4. The number of aliphatic hydroxyl groups is 1. The summed E-state index contributed by atoms with van der Waals surface area (Å²) in [7, 11) is 0. The van der Waals surface area contributed by atoms with Crippen LogP contribution in [-0.4, -0.2) is 36.4 Å². The van der Waals surface area contributed by atoms with Crippen LogP contribution in [0.15, 0.2) is 122 Å². The molecule has 0 aliphatic carbocycles. The van der Waals surface area contributed by atoms with Gasteiger partial charge >= 0.3 is 11.9 Å². The third-order valence-electron chi connectivity index (χ3n) is 13.3. The quantitative estimate of drug-likeness (QED) is 0.0373. The fourth-order valence-electron chi connectivity index (χ4n) is 8.67. The van der Waals surface area contributed by atoms with Gasteiger partial charge in [0, 0.05) is 12.8 Å². The largest absolute Gasteiger partial charge is 0.462 e. The Labute approximate surface area is 458 Å². The molecule has 1 N–H and O–H groups in total. The van der Waals surface area contributed by atoms with Gasteiger partial charge in [-0.2, -0.15) is 0 Å². The lowest BCUT2D eigenvalue weighted by Crippen LogP contribution is -2.28. The predicted molar refractivity (Wildman–Crippen MR) is 325 cm³/mol. The van der Waals surface area contributed by atoms with Gasteiger partial charge in [0.2, 0.25) is 0 Å². The minimum Gasteiger partial charge on any atom is -0.462 e. The maximum atomic E-state index is 12.3. The Morgan fingerprint density at radius 1 is 0.311 bits per heavy atom. The minimum atomic E-state index is -0.784. The molecular weight excluding hydrogens is 909 g/mol. The molecule has 0 aliphatic rings. The summed E-state index contributed by atoms with van der Waals surface area (Å²) >= 11 is 0. The van der Waals surface area contributed by atoms with E-state index in [4.69, 9.17) is 9.47 Å². The molecule has 0 heterocycles. The molecule has 0 saturated heterocycles. The van der Waals surface area contributed by atoms with Crippen molar-refractivity contribution >= 4 is 11.9 Å². The van der Waals surface area contributed by atoms with Crippen molar-refractivity contribution in [1.29, 1.82) is 0 Å². The maximum absolute atomic E-state index is 12.3. The topological polar surface area (TPSA) is 72.8 Å². The van der Waals surface area contributed by atoms with E-state index in [0.29, 0.717) is 12.8 Å². The zero-order chi connectivity index (χ0) is 53.4. The van der Waals surface area contributed by atoms with Crippen LogP contribution in [0.2, 0.25) is 0 Å². The first kappa shape index (κ1) is 70.3. The molecule has 0 aromatic carbocycles. The molecule has 0 amide bonds. The summed E-state index contributed by atoms with van der Waals surface area (Å²) in [4.78, 5) is 24.6. The van der Waals surface area contributed by atoms with E-state index in [1.807, 2.05) is 0 Å². The van der Waals surface area contributed by atoms with Crippen LogP contribution in [0, 0.1) is 0 Å². The van der Waals surface area contributed by atoms with Gasteiger partial charge in [0.05, 0.1) is 6.61 Å². The van der Waals surface area contributed by atoms with Gasteiger partial charge in [0.25, 0.3) is 0 Å². The molecule has 0 rings (SSSR count). The lowest BCUT2D eigenvalue weighted by atomic mass is 10.0. The SMILES string of the molecule is CC/C=C\C/C=C\C/C=C\C/C=C\C/C=C\C/C=C\CCCCCCCCCCC(=O)OC(CO)COC(=O)CCCCCCCCCCCCCCCCCCCCCC/C=C\C/C=C\C/C=C\C/C=C\CC. The second kappa shape index (κ2) is 63.6. The Morgan fingerprint density at radius 2 is 0.541 bits per heavy atom. The highest BCUT2D eigenvalue weighted by Crippen LogP contribution is 2.17. The van der Waals surface area contributed by atoms with E-state index >= 15 is 0 Å². The highest BCUT2D eigenvalue weighted by Gasteiger charge is 2.16. The monoisotopic (exact) mass is 1020 g/mol. The van der Waals surface area contributed by atoms with E-state index in [2.05, 4.69) is 135 Å². The zero-order valence-corrected chi connectivity index (χ0v) is 48.3. The molecule has 74 heavy (non-hydrogen) atoms. The summed E-state index contributed by atoms with van der Waals surface area (Å²) in [6.07, 6.45) is 93.3. The van der Waals surface area contributed by atoms with Crippen molar-refractivity contribution in [3.05, 3.63) is 122 Å². The van der Waals surface area contributed by atoms with E-state index in [0.717, 1.165) is 109 Å². The highest BCUT2D eigenvalue weighted by molar-refractivity contribution is 5.70. The van der Waals surface area contributed by atoms with Crippen LogP contribution in [0.4, 0.5) is 0 Å². The Bertz CT molecular complexity index is 1490. The molecule has 5 nitrogen and oxygen atoms in total. The number of hydrogen-bond donors (Lipinski definition) is 1. The van der Waals surface area contributed by atoms with Crippen molar-refractivity contribution in [3.63, 3.8) is 0 Å². The van der Waals surface area contributed by atoms with Gasteiger partial charge in [0.1, 0.15) is 6.61 Å². The summed E-state index contributed by atoms with van der Waals surface area (Å²) in [5, 5.41) is 9.68. The number of unbranched alkanes of at least 4 members (excludes halogenated alkanes) is 28. The predicted octanol–water partition coefficient (Wildman–Crippen LogP) is 21.4. The van der Waals surface area contributed by atoms with Crippen molar-refractivity contribution in [2.24, 2.45) is 0 Å². The van der Waals surface area contributed by atoms with Crippen LogP contribution in [-0.2, 0) is 19.1 Å². The van der Waals surface area contributed by atoms with Gasteiger partial charge in [-0.1, -0.05) is 289 Å². The summed E-state index contributed by atoms with van der Waals surface area (Å²) in [5.41, 5.74) is 0. The number of aliphatic hydroxyl groups excluding tert-OH is 1. The van der Waals surface area contributed by atoms with Crippen molar-refractivity contribution in [1.82, 2.24) is 0 Å². The van der Waals surface area contributed by atoms with Crippen LogP contribution < -0.4 is 0 Å². The third-order valence-corrected chi connectivity index (χ3v) is 13.3. The normalized spacial score (nSPS) is 13.1. The number of allylic oxidation sites excluding steroid dienone is 20. The summed E-state index contributed by atoms with van der Waals surface area (Å²) < 4.78 is 10.7. The molecule has 1 atom stereocenters. The molecule has 0 aromatic rings. The van der Waals surface area contributed by atoms with Crippen molar-refractivity contribution in [2.45, 2.75) is 290 Å². The number of rotatable bonds is 56. The van der Waals surface area contributed by atoms with Gasteiger partial charge in [-0.3, -0.25) is 9.59 Å². The van der Waals surface area contributed by atoms with E-state index in [1.165, 1.54) is 148 Å². The lowest BCUT2D eigenvalue weighted by molar-refractivity contribution is -0.161. The van der Waals surface area contributed by atoms with E-state index in [9.17, 15) is 14.7 Å². The Balaban J connectivity index is 3.49. The fourth-order valence-corrected chi connectivity index (χ4v) is 8.67. The molecule has 0 bridgehead atoms. The first-order chi connectivity index (χ1) is 36.6. The van der Waals surface area contributed by atoms with Gasteiger partial charge in [0.15, 0.2) is 6.10 Å². The van der Waals surface area contributed by atoms with Crippen LogP contribution in [0.1, 0.15) is 284 Å². The highest BCUT2D eigenvalue weighted by atomic mass is 16.6. The minimum absolute atomic E-state index is 0.0730. The molecule has 0 radical (unpaired) electrons. The average Bonchev–Trinajstić information content (AvgIpc) is 3.40. The zero-order valence-electron chi connectivity index (χ0n) is 48.3. The van der Waals surface area contributed by atoms with Crippen LogP contribution in [0.3, 0.4) is 0 Å². The first-order valence-corrected chi connectivity index (χ1v) is 31.1. The molecule has 0 aliphatic heterocycles. The molecule has 422 valence electrons. The number of ether oxygens (including phenoxy) is 2. The Hall–Kier alpha value is -3.70. The summed E-state index contributed by atoms with van der Waals surface area (Å²) in [5.74, 6) is -0.597. The number of esters is 2. The molecule has 0 fully saturated rings. The third kappa shape index (κ3) is 60.9. The first-order valence-electron chi connectivity index (χ1n) is 31.1. The average molecular weight is 1030 g/mol. The standard InChI is InChI=1S/C69H116O5/c1-3-5-7-9-11-13-15-17-19-21-23-25-27-29-31-32-33-34-35-36-38-39-41-43-45-47-49-51-53-55-57-59-61-63-68(71)73-66-67(65-70)74-69(72)64-62-60-58-56-54-52-50-48-46-44-42-40-37-30-28-26-24-22-20-18-16-14-12-10-8-6-4-2/h5-8,11-14,17-20,23-26,30,37,42,44,67,70H,3-4,9-10,15-16,21-22,27-29,31-36,38-41,43,45-66H2,1-2H3/b7-5-,8-6-,13-11-,14-12-,19-17-,20-18-,25-23-,26-24-,37-30-,44-42-. The van der Waals surface area contributed by atoms with E-state index in [1.54, 1.807) is 0 Å². The van der Waals surface area contributed by atoms with Gasteiger partial charge < -0.3 is 14.6 Å². The maximum Gasteiger partial charge on any atom is 0.306 e. The van der Waals surface area contributed by atoms with Crippen molar-refractivity contribution in [2.75, 3.05) is 13.2 Å². The summed E-state index contributed by atoms with van der Waals surface area (Å²) in [6.45, 7) is 3.93. The van der Waals surface area contributed by atoms with Gasteiger partial charge in [-0.05, 0) is 103 Å². The molecule has 5 heteroatoms. The van der Waals surface area contributed by atoms with E-state index < -0.39 is 6.10 Å². The summed E-state index contributed by atoms with van der Waals surface area (Å²) in [6, 6.07) is 0. The van der Waals surface area contributed by atoms with Crippen molar-refractivity contribution in [3.8, 4) is 0 Å². The molecule has 0 aromatic heterocycles. The number of carbonyl (C=O) groups excluding carboxylic acids is 2. The van der Waals surface area contributed by atoms with Crippen LogP contribution in [0.5, 0.6) is 0 Å². The van der Waals surface area contributed by atoms with Gasteiger partial charge in [-0.25, -0.2) is 0 Å². The van der Waals surface area contributed by atoms with Crippen molar-refractivity contribution < 1.29 is 24.2 Å². The lowest BCUT2D eigenvalue weighted by Gasteiger charge is -2.15. The molecule has 0 spiro atoms. The van der Waals surface area contributed by atoms with E-state index in [-0.39, 0.29) is 25.2 Å². The van der Waals surface area contributed by atoms with Crippen LogP contribution in [0.25, 0.3) is 0 Å². The Kier molecular flexibility index (Phi) is 60.4. The smallest absolute Gasteiger partial charge is 0.306 e. The molecular formula is C69H116O5. The molecule has 1 unspecified atom stereocenters. The number of carbonyl (C=O) groups is 2. The molecule has 0 saturated carbocycles. The number of hydrogen-bond acceptors (Lipinski definition) is 5. The fraction of sp³-hybridized carbons (Fsp3) is 0.681. The van der Waals surface area contributed by atoms with Gasteiger partial charge in [-0.15, -0.1) is 0 Å². The Morgan fingerprint density at radius 3 is 0.811 bits per heavy atom. The second-order valence-corrected chi connectivity index (χ2v) is 20.4.